The molecule has 0 heterocycles. The van der Waals surface area contributed by atoms with E-state index in [1.807, 2.05) is 42.5 Å². The van der Waals surface area contributed by atoms with Crippen LogP contribution in [0.3, 0.4) is 0 Å². The monoisotopic (exact) mass is 253 g/mol. The van der Waals surface area contributed by atoms with Crippen LogP contribution in [0, 0.1) is 11.3 Å². The van der Waals surface area contributed by atoms with Gasteiger partial charge in [0.25, 0.3) is 0 Å². The standard InChI is InChI=1S/C16H15NO2/c1-2-15(16(18)19)12-14(10-11-17)9-8-13-6-4-3-5-7-13/h3-10,12H,2H2,1H3,(H,18,19). The molecule has 0 radical (unpaired) electrons. The summed E-state index contributed by atoms with van der Waals surface area (Å²) in [5.41, 5.74) is 1.85. The van der Waals surface area contributed by atoms with E-state index in [2.05, 4.69) is 0 Å². The third kappa shape index (κ3) is 5.05. The normalized spacial score (nSPS) is 12.4. The van der Waals surface area contributed by atoms with E-state index in [4.69, 9.17) is 10.4 Å². The zero-order valence-electron chi connectivity index (χ0n) is 10.7. The molecule has 3 heteroatoms. The average molecular weight is 253 g/mol. The molecule has 0 fully saturated rings. The summed E-state index contributed by atoms with van der Waals surface area (Å²) in [5, 5.41) is 17.7. The molecule has 0 aromatic heterocycles. The van der Waals surface area contributed by atoms with Gasteiger partial charge >= 0.3 is 5.97 Å². The van der Waals surface area contributed by atoms with Crippen LogP contribution in [0.5, 0.6) is 0 Å². The minimum Gasteiger partial charge on any atom is -0.478 e. The SMILES string of the molecule is CCC(=CC(C=Cc1ccccc1)=CC#N)C(=O)O. The Hall–Kier alpha value is -2.60. The number of carbonyl (C=O) groups is 1. The van der Waals surface area contributed by atoms with E-state index in [9.17, 15) is 4.79 Å². The minimum atomic E-state index is -0.959. The first-order chi connectivity index (χ1) is 9.17. The van der Waals surface area contributed by atoms with Crippen molar-refractivity contribution in [3.05, 3.63) is 65.3 Å². The summed E-state index contributed by atoms with van der Waals surface area (Å²) in [6.07, 6.45) is 6.84. The number of hydrogen-bond acceptors (Lipinski definition) is 2. The van der Waals surface area contributed by atoms with E-state index in [0.29, 0.717) is 12.0 Å². The second-order valence-electron chi connectivity index (χ2n) is 3.85. The van der Waals surface area contributed by atoms with Gasteiger partial charge in [0.2, 0.25) is 0 Å². The van der Waals surface area contributed by atoms with E-state index in [1.165, 1.54) is 12.2 Å². The number of carboxylic acids is 1. The quantitative estimate of drug-likeness (QED) is 0.495. The Morgan fingerprint density at radius 2 is 2.05 bits per heavy atom. The second kappa shape index (κ2) is 7.67. The molecule has 1 rings (SSSR count). The molecule has 96 valence electrons. The molecule has 0 aliphatic rings. The Labute approximate surface area is 112 Å². The number of aliphatic carboxylic acids is 1. The van der Waals surface area contributed by atoms with Crippen molar-refractivity contribution in [1.29, 1.82) is 5.26 Å². The van der Waals surface area contributed by atoms with Crippen molar-refractivity contribution in [2.75, 3.05) is 0 Å². The molecular weight excluding hydrogens is 238 g/mol. The molecule has 1 aromatic rings. The largest absolute Gasteiger partial charge is 0.478 e. The summed E-state index contributed by atoms with van der Waals surface area (Å²) in [7, 11) is 0. The van der Waals surface area contributed by atoms with Crippen LogP contribution < -0.4 is 0 Å². The molecule has 0 atom stereocenters. The fraction of sp³-hybridized carbons (Fsp3) is 0.125. The molecule has 1 aromatic carbocycles. The van der Waals surface area contributed by atoms with Gasteiger partial charge in [0.1, 0.15) is 0 Å². The Kier molecular flexibility index (Phi) is 5.84. The first-order valence-corrected chi connectivity index (χ1v) is 5.94. The minimum absolute atomic E-state index is 0.277. The molecule has 0 saturated carbocycles. The van der Waals surface area contributed by atoms with Crippen LogP contribution in [0.4, 0.5) is 0 Å². The number of rotatable bonds is 5. The lowest BCUT2D eigenvalue weighted by molar-refractivity contribution is -0.132. The van der Waals surface area contributed by atoms with Crippen molar-refractivity contribution < 1.29 is 9.90 Å². The number of nitrogens with zero attached hydrogens (tertiary/aromatic N) is 1. The van der Waals surface area contributed by atoms with Crippen LogP contribution in [0.25, 0.3) is 6.08 Å². The first-order valence-electron chi connectivity index (χ1n) is 5.94. The maximum atomic E-state index is 10.9. The number of carboxylic acid groups (broad SMARTS) is 1. The zero-order valence-corrected chi connectivity index (χ0v) is 10.7. The van der Waals surface area contributed by atoms with E-state index in [0.717, 1.165) is 5.56 Å². The summed E-state index contributed by atoms with van der Waals surface area (Å²) in [4.78, 5) is 10.9. The van der Waals surface area contributed by atoms with Crippen molar-refractivity contribution in [2.45, 2.75) is 13.3 Å². The van der Waals surface area contributed by atoms with Crippen LogP contribution in [0.15, 0.2) is 59.7 Å². The van der Waals surface area contributed by atoms with Gasteiger partial charge in [-0.3, -0.25) is 0 Å². The van der Waals surface area contributed by atoms with Gasteiger partial charge in [0.15, 0.2) is 0 Å². The average Bonchev–Trinajstić information content (AvgIpc) is 2.42. The Bertz CT molecular complexity index is 560. The van der Waals surface area contributed by atoms with E-state index >= 15 is 0 Å². The molecule has 0 unspecified atom stereocenters. The predicted molar refractivity (Wildman–Crippen MR) is 75.2 cm³/mol. The van der Waals surface area contributed by atoms with Crippen LogP contribution in [0.1, 0.15) is 18.9 Å². The van der Waals surface area contributed by atoms with Gasteiger partial charge < -0.3 is 5.11 Å². The first kappa shape index (κ1) is 14.5. The highest BCUT2D eigenvalue weighted by molar-refractivity contribution is 5.87. The van der Waals surface area contributed by atoms with Crippen molar-refractivity contribution in [2.24, 2.45) is 0 Å². The maximum Gasteiger partial charge on any atom is 0.331 e. The number of hydrogen-bond donors (Lipinski definition) is 1. The smallest absolute Gasteiger partial charge is 0.331 e. The van der Waals surface area contributed by atoms with Gasteiger partial charge in [-0.2, -0.15) is 5.26 Å². The molecular formula is C16H15NO2. The molecule has 0 spiro atoms. The van der Waals surface area contributed by atoms with Crippen LogP contribution in [-0.4, -0.2) is 11.1 Å². The molecule has 0 saturated heterocycles. The lowest BCUT2D eigenvalue weighted by atomic mass is 10.1. The number of nitriles is 1. The van der Waals surface area contributed by atoms with Gasteiger partial charge in [-0.05, 0) is 23.6 Å². The fourth-order valence-corrected chi connectivity index (χ4v) is 1.49. The van der Waals surface area contributed by atoms with Crippen molar-refractivity contribution in [3.63, 3.8) is 0 Å². The Morgan fingerprint density at radius 1 is 1.37 bits per heavy atom. The fourth-order valence-electron chi connectivity index (χ4n) is 1.49. The highest BCUT2D eigenvalue weighted by atomic mass is 16.4. The molecule has 0 amide bonds. The summed E-state index contributed by atoms with van der Waals surface area (Å²) in [5.74, 6) is -0.959. The van der Waals surface area contributed by atoms with Gasteiger partial charge in [-0.25, -0.2) is 4.79 Å². The molecule has 0 aliphatic heterocycles. The van der Waals surface area contributed by atoms with Crippen LogP contribution in [-0.2, 0) is 4.79 Å². The van der Waals surface area contributed by atoms with Crippen molar-refractivity contribution in [3.8, 4) is 6.07 Å². The van der Waals surface area contributed by atoms with Crippen LogP contribution >= 0.6 is 0 Å². The highest BCUT2D eigenvalue weighted by Gasteiger charge is 2.04. The van der Waals surface area contributed by atoms with Crippen molar-refractivity contribution in [1.82, 2.24) is 0 Å². The van der Waals surface area contributed by atoms with Gasteiger partial charge in [0, 0.05) is 11.6 Å². The molecule has 1 N–H and O–H groups in total. The third-order valence-electron chi connectivity index (χ3n) is 2.50. The van der Waals surface area contributed by atoms with E-state index < -0.39 is 5.97 Å². The number of allylic oxidation sites excluding steroid dienone is 4. The molecule has 19 heavy (non-hydrogen) atoms. The topological polar surface area (TPSA) is 61.1 Å². The van der Waals surface area contributed by atoms with Gasteiger partial charge in [-0.15, -0.1) is 0 Å². The summed E-state index contributed by atoms with van der Waals surface area (Å²) >= 11 is 0. The summed E-state index contributed by atoms with van der Waals surface area (Å²) in [6.45, 7) is 1.77. The summed E-state index contributed by atoms with van der Waals surface area (Å²) in [6, 6.07) is 11.5. The van der Waals surface area contributed by atoms with E-state index in [-0.39, 0.29) is 5.57 Å². The Balaban J connectivity index is 2.98. The lowest BCUT2D eigenvalue weighted by Crippen LogP contribution is -1.99. The third-order valence-corrected chi connectivity index (χ3v) is 2.50. The van der Waals surface area contributed by atoms with Gasteiger partial charge in [0.05, 0.1) is 6.07 Å². The molecule has 3 nitrogen and oxygen atoms in total. The van der Waals surface area contributed by atoms with Gasteiger partial charge in [-0.1, -0.05) is 49.4 Å². The van der Waals surface area contributed by atoms with E-state index in [1.54, 1.807) is 13.0 Å². The van der Waals surface area contributed by atoms with Crippen LogP contribution in [0.2, 0.25) is 0 Å². The number of benzene rings is 1. The molecule has 0 bridgehead atoms. The van der Waals surface area contributed by atoms with Crippen molar-refractivity contribution >= 4 is 12.0 Å². The highest BCUT2D eigenvalue weighted by Crippen LogP contribution is 2.11. The summed E-state index contributed by atoms with van der Waals surface area (Å²) < 4.78 is 0. The zero-order chi connectivity index (χ0) is 14.1. The maximum absolute atomic E-state index is 10.9. The lowest BCUT2D eigenvalue weighted by Gasteiger charge is -1.98. The second-order valence-corrected chi connectivity index (χ2v) is 3.85. The molecule has 0 aliphatic carbocycles. The Morgan fingerprint density at radius 3 is 2.58 bits per heavy atom. The predicted octanol–water partition coefficient (Wildman–Crippen LogP) is 3.57.